The van der Waals surface area contributed by atoms with Crippen LogP contribution in [-0.2, 0) is 0 Å². The number of benzene rings is 2. The molecule has 2 aromatic carbocycles. The van der Waals surface area contributed by atoms with Gasteiger partial charge in [-0.15, -0.1) is 10.2 Å². The normalized spacial score (nSPS) is 10.8. The van der Waals surface area contributed by atoms with Crippen LogP contribution in [0.3, 0.4) is 0 Å². The number of anilines is 1. The molecule has 0 aliphatic carbocycles. The van der Waals surface area contributed by atoms with Crippen molar-refractivity contribution in [1.82, 2.24) is 10.2 Å². The molecular weight excluding hydrogens is 248 g/mol. The first-order valence-electron chi connectivity index (χ1n) is 6.50. The molecule has 0 spiro atoms. The van der Waals surface area contributed by atoms with Gasteiger partial charge in [0, 0.05) is 16.3 Å². The second-order valence-corrected chi connectivity index (χ2v) is 4.89. The SMILES string of the molecule is Cc1ccc(-c2nnc(NN)c3ccccc23)cc1C. The number of nitrogen functional groups attached to an aromatic ring is 1. The van der Waals surface area contributed by atoms with Crippen LogP contribution < -0.4 is 11.3 Å². The van der Waals surface area contributed by atoms with Crippen molar-refractivity contribution in [3.8, 4) is 11.3 Å². The first kappa shape index (κ1) is 12.6. The Morgan fingerprint density at radius 3 is 2.35 bits per heavy atom. The number of hydrogen-bond donors (Lipinski definition) is 2. The number of hydrazine groups is 1. The van der Waals surface area contributed by atoms with E-state index in [-0.39, 0.29) is 0 Å². The number of hydrogen-bond acceptors (Lipinski definition) is 4. The monoisotopic (exact) mass is 264 g/mol. The van der Waals surface area contributed by atoms with Crippen LogP contribution in [0.4, 0.5) is 5.82 Å². The lowest BCUT2D eigenvalue weighted by atomic mass is 10.0. The van der Waals surface area contributed by atoms with Crippen LogP contribution >= 0.6 is 0 Å². The Balaban J connectivity index is 2.29. The molecule has 0 bridgehead atoms. The third kappa shape index (κ3) is 2.00. The maximum atomic E-state index is 5.50. The van der Waals surface area contributed by atoms with E-state index in [2.05, 4.69) is 47.7 Å². The van der Waals surface area contributed by atoms with Crippen molar-refractivity contribution in [1.29, 1.82) is 0 Å². The van der Waals surface area contributed by atoms with Crippen LogP contribution in [0.25, 0.3) is 22.0 Å². The van der Waals surface area contributed by atoms with Crippen molar-refractivity contribution in [2.24, 2.45) is 5.84 Å². The topological polar surface area (TPSA) is 63.8 Å². The highest BCUT2D eigenvalue weighted by Crippen LogP contribution is 2.30. The average molecular weight is 264 g/mol. The molecule has 0 aliphatic heterocycles. The van der Waals surface area contributed by atoms with Gasteiger partial charge in [-0.2, -0.15) is 0 Å². The molecule has 0 saturated heterocycles. The lowest BCUT2D eigenvalue weighted by Gasteiger charge is -2.10. The van der Waals surface area contributed by atoms with Crippen LogP contribution in [0, 0.1) is 13.8 Å². The number of nitrogens with zero attached hydrogens (tertiary/aromatic N) is 2. The Morgan fingerprint density at radius 2 is 1.65 bits per heavy atom. The standard InChI is InChI=1S/C16H16N4/c1-10-7-8-12(9-11(10)2)15-13-5-3-4-6-14(13)16(18-17)20-19-15/h3-9H,17H2,1-2H3,(H,18,20). The molecule has 3 aromatic rings. The molecule has 0 saturated carbocycles. The molecule has 0 fully saturated rings. The van der Waals surface area contributed by atoms with Crippen molar-refractivity contribution in [3.63, 3.8) is 0 Å². The summed E-state index contributed by atoms with van der Waals surface area (Å²) in [4.78, 5) is 0. The summed E-state index contributed by atoms with van der Waals surface area (Å²) in [6, 6.07) is 14.3. The molecule has 0 amide bonds. The molecule has 3 N–H and O–H groups in total. The second-order valence-electron chi connectivity index (χ2n) is 4.89. The molecule has 4 heteroatoms. The van der Waals surface area contributed by atoms with Crippen molar-refractivity contribution < 1.29 is 0 Å². The van der Waals surface area contributed by atoms with E-state index in [9.17, 15) is 0 Å². The zero-order valence-corrected chi connectivity index (χ0v) is 11.5. The fourth-order valence-corrected chi connectivity index (χ4v) is 2.31. The summed E-state index contributed by atoms with van der Waals surface area (Å²) < 4.78 is 0. The number of aromatic nitrogens is 2. The number of nitrogens with one attached hydrogen (secondary N) is 1. The van der Waals surface area contributed by atoms with E-state index in [1.165, 1.54) is 11.1 Å². The molecule has 3 rings (SSSR count). The quantitative estimate of drug-likeness (QED) is 0.551. The van der Waals surface area contributed by atoms with E-state index in [1.54, 1.807) is 0 Å². The van der Waals surface area contributed by atoms with E-state index in [4.69, 9.17) is 5.84 Å². The molecule has 20 heavy (non-hydrogen) atoms. The van der Waals surface area contributed by atoms with E-state index in [0.29, 0.717) is 5.82 Å². The summed E-state index contributed by atoms with van der Waals surface area (Å²) in [5, 5.41) is 10.5. The first-order chi connectivity index (χ1) is 9.70. The van der Waals surface area contributed by atoms with Crippen LogP contribution in [-0.4, -0.2) is 10.2 Å². The van der Waals surface area contributed by atoms with Crippen molar-refractivity contribution in [3.05, 3.63) is 53.6 Å². The molecule has 0 unspecified atom stereocenters. The minimum absolute atomic E-state index is 0.591. The highest BCUT2D eigenvalue weighted by atomic mass is 15.3. The van der Waals surface area contributed by atoms with Gasteiger partial charge in [0.15, 0.2) is 5.82 Å². The van der Waals surface area contributed by atoms with Crippen LogP contribution in [0.15, 0.2) is 42.5 Å². The van der Waals surface area contributed by atoms with Gasteiger partial charge in [-0.05, 0) is 31.0 Å². The van der Waals surface area contributed by atoms with E-state index < -0.39 is 0 Å². The van der Waals surface area contributed by atoms with Crippen molar-refractivity contribution >= 4 is 16.6 Å². The summed E-state index contributed by atoms with van der Waals surface area (Å²) >= 11 is 0. The Bertz CT molecular complexity index is 781. The Morgan fingerprint density at radius 1 is 0.900 bits per heavy atom. The van der Waals surface area contributed by atoms with Gasteiger partial charge < -0.3 is 5.43 Å². The maximum Gasteiger partial charge on any atom is 0.170 e. The van der Waals surface area contributed by atoms with Gasteiger partial charge in [0.05, 0.1) is 0 Å². The van der Waals surface area contributed by atoms with E-state index >= 15 is 0 Å². The third-order valence-corrected chi connectivity index (χ3v) is 3.60. The van der Waals surface area contributed by atoms with Crippen molar-refractivity contribution in [2.75, 3.05) is 5.43 Å². The number of fused-ring (bicyclic) bond motifs is 1. The summed E-state index contributed by atoms with van der Waals surface area (Å²) in [7, 11) is 0. The van der Waals surface area contributed by atoms with Gasteiger partial charge in [-0.3, -0.25) is 0 Å². The van der Waals surface area contributed by atoms with Gasteiger partial charge >= 0.3 is 0 Å². The van der Waals surface area contributed by atoms with Gasteiger partial charge in [0.2, 0.25) is 0 Å². The summed E-state index contributed by atoms with van der Waals surface area (Å²) in [6.45, 7) is 4.20. The Labute approximate surface area is 117 Å². The summed E-state index contributed by atoms with van der Waals surface area (Å²) in [6.07, 6.45) is 0. The van der Waals surface area contributed by atoms with Crippen LogP contribution in [0.5, 0.6) is 0 Å². The van der Waals surface area contributed by atoms with Crippen LogP contribution in [0.2, 0.25) is 0 Å². The van der Waals surface area contributed by atoms with E-state index in [1.807, 2.05) is 24.3 Å². The molecule has 4 nitrogen and oxygen atoms in total. The smallest absolute Gasteiger partial charge is 0.170 e. The molecule has 1 aromatic heterocycles. The van der Waals surface area contributed by atoms with Crippen LogP contribution in [0.1, 0.15) is 11.1 Å². The summed E-state index contributed by atoms with van der Waals surface area (Å²) in [5.41, 5.74) is 7.06. The Kier molecular flexibility index (Phi) is 3.08. The molecule has 100 valence electrons. The predicted molar refractivity (Wildman–Crippen MR) is 82.3 cm³/mol. The van der Waals surface area contributed by atoms with Gasteiger partial charge in [0.25, 0.3) is 0 Å². The van der Waals surface area contributed by atoms with Gasteiger partial charge in [-0.25, -0.2) is 5.84 Å². The predicted octanol–water partition coefficient (Wildman–Crippen LogP) is 3.20. The number of nitrogens with two attached hydrogens (primary N) is 1. The van der Waals surface area contributed by atoms with Crippen molar-refractivity contribution in [2.45, 2.75) is 13.8 Å². The summed E-state index contributed by atoms with van der Waals surface area (Å²) in [5.74, 6) is 6.09. The lowest BCUT2D eigenvalue weighted by molar-refractivity contribution is 1.04. The highest BCUT2D eigenvalue weighted by molar-refractivity contribution is 5.99. The minimum atomic E-state index is 0.591. The minimum Gasteiger partial charge on any atom is -0.306 e. The van der Waals surface area contributed by atoms with E-state index in [0.717, 1.165) is 22.0 Å². The zero-order chi connectivity index (χ0) is 14.1. The Hall–Kier alpha value is -2.46. The number of aryl methyl sites for hydroxylation is 2. The molecular formula is C16H16N4. The van der Waals surface area contributed by atoms with Gasteiger partial charge in [-0.1, -0.05) is 36.4 Å². The van der Waals surface area contributed by atoms with Gasteiger partial charge in [0.1, 0.15) is 5.69 Å². The average Bonchev–Trinajstić information content (AvgIpc) is 2.49. The fraction of sp³-hybridized carbons (Fsp3) is 0.125. The molecule has 1 heterocycles. The molecule has 0 radical (unpaired) electrons. The highest BCUT2D eigenvalue weighted by Gasteiger charge is 2.10. The molecule has 0 atom stereocenters. The molecule has 0 aliphatic rings. The largest absolute Gasteiger partial charge is 0.306 e. The first-order valence-corrected chi connectivity index (χ1v) is 6.50. The maximum absolute atomic E-state index is 5.50. The fourth-order valence-electron chi connectivity index (χ4n) is 2.31. The number of rotatable bonds is 2. The second kappa shape index (κ2) is 4.90. The lowest BCUT2D eigenvalue weighted by Crippen LogP contribution is -2.10. The zero-order valence-electron chi connectivity index (χ0n) is 11.5. The third-order valence-electron chi connectivity index (χ3n) is 3.60.